The molecule has 1 aromatic carbocycles. The molecule has 0 aromatic heterocycles. The molecule has 2 aliphatic heterocycles. The fourth-order valence-electron chi connectivity index (χ4n) is 3.18. The number of nitrogens with zero attached hydrogens (tertiary/aromatic N) is 2. The molecule has 0 saturated carbocycles. The number of benzene rings is 1. The van der Waals surface area contributed by atoms with E-state index >= 15 is 0 Å². The Hall–Kier alpha value is -2.37. The third kappa shape index (κ3) is 3.21. The van der Waals surface area contributed by atoms with Crippen molar-refractivity contribution in [3.05, 3.63) is 29.8 Å². The Bertz CT molecular complexity index is 644. The summed E-state index contributed by atoms with van der Waals surface area (Å²) in [6.45, 7) is 3.60. The van der Waals surface area contributed by atoms with Crippen LogP contribution in [-0.2, 0) is 20.9 Å². The van der Waals surface area contributed by atoms with Gasteiger partial charge in [0.25, 0.3) is 5.91 Å². The largest absolute Gasteiger partial charge is 0.373 e. The number of carbonyl (C=O) groups excluding carboxylic acids is 3. The van der Waals surface area contributed by atoms with Gasteiger partial charge in [-0.15, -0.1) is 0 Å². The van der Waals surface area contributed by atoms with Crippen LogP contribution >= 0.6 is 0 Å². The van der Waals surface area contributed by atoms with Gasteiger partial charge in [0.2, 0.25) is 11.8 Å². The molecule has 1 aromatic rings. The molecular weight excluding hydrogens is 294 g/mol. The van der Waals surface area contributed by atoms with Crippen molar-refractivity contribution in [3.63, 3.8) is 0 Å². The summed E-state index contributed by atoms with van der Waals surface area (Å²) in [6, 6.07) is 7.19. The maximum Gasteiger partial charge on any atom is 0.252 e. The molecule has 2 fully saturated rings. The highest BCUT2D eigenvalue weighted by atomic mass is 16.2. The van der Waals surface area contributed by atoms with E-state index in [1.807, 2.05) is 29.2 Å². The summed E-state index contributed by atoms with van der Waals surface area (Å²) in [5.41, 5.74) is 1.83. The Morgan fingerprint density at radius 1 is 1.22 bits per heavy atom. The van der Waals surface area contributed by atoms with Gasteiger partial charge >= 0.3 is 0 Å². The predicted molar refractivity (Wildman–Crippen MR) is 85.5 cm³/mol. The van der Waals surface area contributed by atoms with Crippen molar-refractivity contribution >= 4 is 23.4 Å². The highest BCUT2D eigenvalue weighted by Crippen LogP contribution is 2.21. The number of carbonyl (C=O) groups is 3. The van der Waals surface area contributed by atoms with Crippen LogP contribution in [0.25, 0.3) is 0 Å². The lowest BCUT2D eigenvalue weighted by atomic mass is 10.1. The molecule has 0 bridgehead atoms. The number of amides is 3. The average molecular weight is 315 g/mol. The number of anilines is 1. The van der Waals surface area contributed by atoms with Crippen molar-refractivity contribution in [3.8, 4) is 0 Å². The Morgan fingerprint density at radius 2 is 2.04 bits per heavy atom. The third-order valence-corrected chi connectivity index (χ3v) is 4.37. The number of likely N-dealkylation sites (N-methyl/N-ethyl adjacent to an activating group) is 1. The van der Waals surface area contributed by atoms with E-state index in [2.05, 4.69) is 5.32 Å². The molecule has 3 amide bonds. The predicted octanol–water partition coefficient (Wildman–Crippen LogP) is 1.37. The minimum Gasteiger partial charge on any atom is -0.373 e. The summed E-state index contributed by atoms with van der Waals surface area (Å²) in [7, 11) is 0. The van der Waals surface area contributed by atoms with Crippen molar-refractivity contribution in [2.75, 3.05) is 18.4 Å². The maximum atomic E-state index is 12.1. The number of hydrogen-bond acceptors (Lipinski definition) is 4. The molecule has 6 nitrogen and oxygen atoms in total. The summed E-state index contributed by atoms with van der Waals surface area (Å²) in [6.07, 6.45) is 1.74. The third-order valence-electron chi connectivity index (χ3n) is 4.37. The Labute approximate surface area is 135 Å². The standard InChI is InChI=1S/C17H21N3O3/c1-2-20-16(22)10-14(17(20)23)18-13-6-3-5-12(9-13)11-19-8-4-7-15(19)21/h3,5-6,9,14,18H,2,4,7-8,10-11H2,1H3/t14-/m1/s1. The van der Waals surface area contributed by atoms with Crippen LogP contribution in [-0.4, -0.2) is 46.7 Å². The topological polar surface area (TPSA) is 69.7 Å². The number of rotatable bonds is 5. The summed E-state index contributed by atoms with van der Waals surface area (Å²) < 4.78 is 0. The molecule has 2 aliphatic rings. The first kappa shape index (κ1) is 15.5. The van der Waals surface area contributed by atoms with Crippen molar-refractivity contribution in [1.29, 1.82) is 0 Å². The van der Waals surface area contributed by atoms with Gasteiger partial charge in [-0.2, -0.15) is 0 Å². The van der Waals surface area contributed by atoms with Crippen LogP contribution in [0.1, 0.15) is 31.7 Å². The molecular formula is C17H21N3O3. The SMILES string of the molecule is CCN1C(=O)C[C@@H](Nc2cccc(CN3CCCC3=O)c2)C1=O. The monoisotopic (exact) mass is 315 g/mol. The molecule has 23 heavy (non-hydrogen) atoms. The molecule has 122 valence electrons. The number of nitrogens with one attached hydrogen (secondary N) is 1. The summed E-state index contributed by atoms with van der Waals surface area (Å²) in [5, 5.41) is 3.15. The zero-order valence-electron chi connectivity index (χ0n) is 13.2. The van der Waals surface area contributed by atoms with Crippen LogP contribution in [0.2, 0.25) is 0 Å². The van der Waals surface area contributed by atoms with Crippen molar-refractivity contribution in [2.24, 2.45) is 0 Å². The number of imide groups is 1. The lowest BCUT2D eigenvalue weighted by Crippen LogP contribution is -2.34. The van der Waals surface area contributed by atoms with E-state index in [1.54, 1.807) is 6.92 Å². The normalized spacial score (nSPS) is 21.4. The Morgan fingerprint density at radius 3 is 2.70 bits per heavy atom. The molecule has 0 radical (unpaired) electrons. The molecule has 3 rings (SSSR count). The van der Waals surface area contributed by atoms with Gasteiger partial charge in [0.15, 0.2) is 0 Å². The highest BCUT2D eigenvalue weighted by Gasteiger charge is 2.37. The van der Waals surface area contributed by atoms with E-state index in [0.29, 0.717) is 19.5 Å². The second-order valence-corrected chi connectivity index (χ2v) is 6.00. The minimum atomic E-state index is -0.494. The van der Waals surface area contributed by atoms with Crippen LogP contribution in [0, 0.1) is 0 Å². The second kappa shape index (κ2) is 6.40. The van der Waals surface area contributed by atoms with Crippen molar-refractivity contribution in [2.45, 2.75) is 38.8 Å². The summed E-state index contributed by atoms with van der Waals surface area (Å²) in [4.78, 5) is 38.8. The average Bonchev–Trinajstić information content (AvgIpc) is 3.04. The van der Waals surface area contributed by atoms with Crippen LogP contribution in [0.15, 0.2) is 24.3 Å². The fourth-order valence-corrected chi connectivity index (χ4v) is 3.18. The fraction of sp³-hybridized carbons (Fsp3) is 0.471. The summed E-state index contributed by atoms with van der Waals surface area (Å²) in [5.74, 6) is -0.107. The number of hydrogen-bond donors (Lipinski definition) is 1. The zero-order valence-corrected chi connectivity index (χ0v) is 13.2. The van der Waals surface area contributed by atoms with Crippen LogP contribution in [0.4, 0.5) is 5.69 Å². The molecule has 6 heteroatoms. The van der Waals surface area contributed by atoms with E-state index in [4.69, 9.17) is 0 Å². The van der Waals surface area contributed by atoms with E-state index in [9.17, 15) is 14.4 Å². The van der Waals surface area contributed by atoms with Gasteiger partial charge < -0.3 is 10.2 Å². The van der Waals surface area contributed by atoms with E-state index in [-0.39, 0.29) is 24.1 Å². The molecule has 0 spiro atoms. The van der Waals surface area contributed by atoms with Crippen LogP contribution in [0.3, 0.4) is 0 Å². The maximum absolute atomic E-state index is 12.1. The number of likely N-dealkylation sites (tertiary alicyclic amines) is 2. The molecule has 0 unspecified atom stereocenters. The molecule has 2 saturated heterocycles. The molecule has 1 atom stereocenters. The first-order chi connectivity index (χ1) is 11.1. The quantitative estimate of drug-likeness (QED) is 0.833. The Balaban J connectivity index is 1.67. The van der Waals surface area contributed by atoms with E-state index in [1.165, 1.54) is 4.90 Å². The first-order valence-electron chi connectivity index (χ1n) is 8.06. The van der Waals surface area contributed by atoms with Gasteiger partial charge in [0, 0.05) is 31.7 Å². The van der Waals surface area contributed by atoms with E-state index in [0.717, 1.165) is 24.2 Å². The van der Waals surface area contributed by atoms with Crippen molar-refractivity contribution < 1.29 is 14.4 Å². The van der Waals surface area contributed by atoms with Crippen LogP contribution < -0.4 is 5.32 Å². The molecule has 1 N–H and O–H groups in total. The van der Waals surface area contributed by atoms with Gasteiger partial charge in [0.1, 0.15) is 6.04 Å². The van der Waals surface area contributed by atoms with Gasteiger partial charge in [-0.25, -0.2) is 0 Å². The van der Waals surface area contributed by atoms with Crippen molar-refractivity contribution in [1.82, 2.24) is 9.80 Å². The lowest BCUT2D eigenvalue weighted by molar-refractivity contribution is -0.138. The van der Waals surface area contributed by atoms with Gasteiger partial charge in [-0.3, -0.25) is 19.3 Å². The van der Waals surface area contributed by atoms with Gasteiger partial charge in [-0.05, 0) is 31.0 Å². The molecule has 2 heterocycles. The van der Waals surface area contributed by atoms with Gasteiger partial charge in [0.05, 0.1) is 6.42 Å². The minimum absolute atomic E-state index is 0.131. The lowest BCUT2D eigenvalue weighted by Gasteiger charge is -2.17. The molecule has 0 aliphatic carbocycles. The van der Waals surface area contributed by atoms with Gasteiger partial charge in [-0.1, -0.05) is 12.1 Å². The Kier molecular flexibility index (Phi) is 4.32. The second-order valence-electron chi connectivity index (χ2n) is 6.00. The smallest absolute Gasteiger partial charge is 0.252 e. The highest BCUT2D eigenvalue weighted by molar-refractivity contribution is 6.06. The zero-order chi connectivity index (χ0) is 16.4. The van der Waals surface area contributed by atoms with Crippen LogP contribution in [0.5, 0.6) is 0 Å². The van der Waals surface area contributed by atoms with E-state index < -0.39 is 6.04 Å². The first-order valence-corrected chi connectivity index (χ1v) is 8.06. The summed E-state index contributed by atoms with van der Waals surface area (Å²) >= 11 is 0.